The summed E-state index contributed by atoms with van der Waals surface area (Å²) in [5.74, 6) is 1.63. The minimum Gasteiger partial charge on any atom is -0.466 e. The fraction of sp³-hybridized carbons (Fsp3) is 0.750. The number of ether oxygens (including phenoxy) is 1. The number of aliphatic hydroxyl groups is 1. The van der Waals surface area contributed by atoms with Crippen molar-refractivity contribution in [2.75, 3.05) is 6.54 Å². The molecule has 1 aliphatic heterocycles. The molecule has 4 heteroatoms. The van der Waals surface area contributed by atoms with Gasteiger partial charge in [0.1, 0.15) is 17.1 Å². The Labute approximate surface area is 121 Å². The maximum atomic E-state index is 10.7. The summed E-state index contributed by atoms with van der Waals surface area (Å²) >= 11 is 0. The molecule has 0 aliphatic carbocycles. The topological polar surface area (TPSA) is 54.6 Å². The second-order valence-electron chi connectivity index (χ2n) is 6.41. The lowest BCUT2D eigenvalue weighted by Gasteiger charge is -2.34. The second-order valence-corrected chi connectivity index (χ2v) is 6.41. The average molecular weight is 281 g/mol. The predicted octanol–water partition coefficient (Wildman–Crippen LogP) is 2.65. The van der Waals surface area contributed by atoms with Gasteiger partial charge in [-0.3, -0.25) is 0 Å². The molecule has 4 nitrogen and oxygen atoms in total. The zero-order valence-electron chi connectivity index (χ0n) is 13.2. The molecular weight excluding hydrogens is 254 g/mol. The van der Waals surface area contributed by atoms with E-state index >= 15 is 0 Å². The highest BCUT2D eigenvalue weighted by atomic mass is 16.5. The molecule has 20 heavy (non-hydrogen) atoms. The van der Waals surface area contributed by atoms with Gasteiger partial charge in [-0.1, -0.05) is 0 Å². The quantitative estimate of drug-likeness (QED) is 0.891. The first-order chi connectivity index (χ1) is 9.28. The van der Waals surface area contributed by atoms with E-state index in [0.29, 0.717) is 12.6 Å². The summed E-state index contributed by atoms with van der Waals surface area (Å²) in [5, 5.41) is 14.2. The van der Waals surface area contributed by atoms with Crippen LogP contribution in [0.15, 0.2) is 10.5 Å². The summed E-state index contributed by atoms with van der Waals surface area (Å²) in [7, 11) is 0. The lowest BCUT2D eigenvalue weighted by atomic mass is 9.94. The van der Waals surface area contributed by atoms with Crippen molar-refractivity contribution in [3.05, 3.63) is 23.2 Å². The molecule has 0 saturated carbocycles. The van der Waals surface area contributed by atoms with E-state index < -0.39 is 5.60 Å². The summed E-state index contributed by atoms with van der Waals surface area (Å²) in [6.45, 7) is 10.4. The van der Waals surface area contributed by atoms with E-state index in [4.69, 9.17) is 9.15 Å². The first kappa shape index (κ1) is 15.5. The van der Waals surface area contributed by atoms with Crippen LogP contribution in [0, 0.1) is 13.8 Å². The van der Waals surface area contributed by atoms with Crippen LogP contribution in [0.25, 0.3) is 0 Å². The van der Waals surface area contributed by atoms with Crippen molar-refractivity contribution in [1.82, 2.24) is 5.32 Å². The third-order valence-corrected chi connectivity index (χ3v) is 4.05. The van der Waals surface area contributed by atoms with Gasteiger partial charge in [0, 0.05) is 18.2 Å². The highest BCUT2D eigenvalue weighted by Gasteiger charge is 2.30. The van der Waals surface area contributed by atoms with Crippen molar-refractivity contribution < 1.29 is 14.3 Å². The largest absolute Gasteiger partial charge is 0.466 e. The van der Waals surface area contributed by atoms with E-state index in [1.807, 2.05) is 26.8 Å². The Bertz CT molecular complexity index is 443. The lowest BCUT2D eigenvalue weighted by Crippen LogP contribution is -2.46. The molecule has 1 saturated heterocycles. The maximum absolute atomic E-state index is 10.7. The van der Waals surface area contributed by atoms with Gasteiger partial charge < -0.3 is 19.6 Å². The maximum Gasteiger partial charge on any atom is 0.107 e. The molecular formula is C16H27NO3. The molecule has 2 heterocycles. The van der Waals surface area contributed by atoms with Crippen molar-refractivity contribution >= 4 is 0 Å². The van der Waals surface area contributed by atoms with Gasteiger partial charge in [0.15, 0.2) is 0 Å². The van der Waals surface area contributed by atoms with E-state index in [2.05, 4.69) is 19.2 Å². The van der Waals surface area contributed by atoms with Crippen molar-refractivity contribution in [3.8, 4) is 0 Å². The van der Waals surface area contributed by atoms with Crippen molar-refractivity contribution in [2.45, 2.75) is 71.3 Å². The fourth-order valence-corrected chi connectivity index (χ4v) is 3.18. The smallest absolute Gasteiger partial charge is 0.107 e. The van der Waals surface area contributed by atoms with Crippen LogP contribution in [0.4, 0.5) is 0 Å². The molecule has 1 aliphatic rings. The summed E-state index contributed by atoms with van der Waals surface area (Å²) in [4.78, 5) is 0. The molecule has 1 aromatic rings. The number of furan rings is 1. The molecule has 3 atom stereocenters. The summed E-state index contributed by atoms with van der Waals surface area (Å²) in [5.41, 5.74) is -0.0391. The SMILES string of the molecule is Cc1cc(C(C)(O)CNC2CC(C)OC(C)C2)c(C)o1. The monoisotopic (exact) mass is 281 g/mol. The number of rotatable bonds is 4. The molecule has 2 N–H and O–H groups in total. The van der Waals surface area contributed by atoms with Crippen LogP contribution in [0.5, 0.6) is 0 Å². The Balaban J connectivity index is 1.97. The first-order valence-electron chi connectivity index (χ1n) is 7.46. The molecule has 2 rings (SSSR count). The zero-order chi connectivity index (χ0) is 14.9. The number of nitrogens with one attached hydrogen (secondary N) is 1. The van der Waals surface area contributed by atoms with Gasteiger partial charge >= 0.3 is 0 Å². The van der Waals surface area contributed by atoms with E-state index in [0.717, 1.165) is 29.9 Å². The van der Waals surface area contributed by atoms with Gasteiger partial charge in [0.2, 0.25) is 0 Å². The Morgan fingerprint density at radius 1 is 1.30 bits per heavy atom. The van der Waals surface area contributed by atoms with Gasteiger partial charge in [-0.05, 0) is 53.5 Å². The second kappa shape index (κ2) is 5.88. The third kappa shape index (κ3) is 3.62. The molecule has 1 fully saturated rings. The molecule has 1 aromatic heterocycles. The summed E-state index contributed by atoms with van der Waals surface area (Å²) in [6, 6.07) is 2.32. The van der Waals surface area contributed by atoms with Gasteiger partial charge in [-0.25, -0.2) is 0 Å². The van der Waals surface area contributed by atoms with Crippen molar-refractivity contribution in [1.29, 1.82) is 0 Å². The molecule has 0 bridgehead atoms. The van der Waals surface area contributed by atoms with Gasteiger partial charge in [0.05, 0.1) is 12.2 Å². The van der Waals surface area contributed by atoms with Crippen LogP contribution in [0.2, 0.25) is 0 Å². The molecule has 0 spiro atoms. The summed E-state index contributed by atoms with van der Waals surface area (Å²) < 4.78 is 11.3. The van der Waals surface area contributed by atoms with Crippen molar-refractivity contribution in [3.63, 3.8) is 0 Å². The number of hydrogen-bond acceptors (Lipinski definition) is 4. The van der Waals surface area contributed by atoms with E-state index in [-0.39, 0.29) is 12.2 Å². The number of aryl methyl sites for hydroxylation is 2. The van der Waals surface area contributed by atoms with Gasteiger partial charge in [-0.15, -0.1) is 0 Å². The average Bonchev–Trinajstić information content (AvgIpc) is 2.66. The standard InChI is InChI=1S/C16H27NO3/c1-10-6-14(7-11(2)19-10)17-9-16(5,18)15-8-12(3)20-13(15)4/h8,10-11,14,17-18H,6-7,9H2,1-5H3. The van der Waals surface area contributed by atoms with E-state index in [9.17, 15) is 5.11 Å². The fourth-order valence-electron chi connectivity index (χ4n) is 3.18. The Hall–Kier alpha value is -0.840. The van der Waals surface area contributed by atoms with E-state index in [1.54, 1.807) is 0 Å². The van der Waals surface area contributed by atoms with Crippen LogP contribution < -0.4 is 5.32 Å². The van der Waals surface area contributed by atoms with Crippen LogP contribution in [0.3, 0.4) is 0 Å². The van der Waals surface area contributed by atoms with Crippen LogP contribution in [-0.2, 0) is 10.3 Å². The molecule has 114 valence electrons. The van der Waals surface area contributed by atoms with E-state index in [1.165, 1.54) is 0 Å². The Morgan fingerprint density at radius 2 is 1.90 bits per heavy atom. The molecule has 0 amide bonds. The van der Waals surface area contributed by atoms with Crippen LogP contribution >= 0.6 is 0 Å². The minimum atomic E-state index is -0.910. The van der Waals surface area contributed by atoms with Crippen molar-refractivity contribution in [2.24, 2.45) is 0 Å². The van der Waals surface area contributed by atoms with Crippen LogP contribution in [0.1, 0.15) is 50.7 Å². The zero-order valence-corrected chi connectivity index (χ0v) is 13.2. The first-order valence-corrected chi connectivity index (χ1v) is 7.46. The predicted molar refractivity (Wildman–Crippen MR) is 78.8 cm³/mol. The Morgan fingerprint density at radius 3 is 2.40 bits per heavy atom. The Kier molecular flexibility index (Phi) is 4.57. The minimum absolute atomic E-state index is 0.277. The van der Waals surface area contributed by atoms with Gasteiger partial charge in [-0.2, -0.15) is 0 Å². The van der Waals surface area contributed by atoms with Crippen LogP contribution in [-0.4, -0.2) is 29.9 Å². The molecule has 0 aromatic carbocycles. The highest BCUT2D eigenvalue weighted by molar-refractivity contribution is 5.26. The lowest BCUT2D eigenvalue weighted by molar-refractivity contribution is -0.0463. The molecule has 0 radical (unpaired) electrons. The highest BCUT2D eigenvalue weighted by Crippen LogP contribution is 2.27. The third-order valence-electron chi connectivity index (χ3n) is 4.05. The molecule has 3 unspecified atom stereocenters. The number of hydrogen-bond donors (Lipinski definition) is 2. The normalized spacial score (nSPS) is 30.2. The summed E-state index contributed by atoms with van der Waals surface area (Å²) in [6.07, 6.45) is 2.53. The van der Waals surface area contributed by atoms with Gasteiger partial charge in [0.25, 0.3) is 0 Å².